The molecular formula is C12H21BrN2OS. The smallest absolute Gasteiger partial charge is 0.0767 e. The fourth-order valence-corrected chi connectivity index (χ4v) is 3.54. The minimum absolute atomic E-state index is 0.266. The third kappa shape index (κ3) is 4.00. The molecule has 5 heteroatoms. The molecule has 0 radical (unpaired) electrons. The van der Waals surface area contributed by atoms with Gasteiger partial charge in [-0.1, -0.05) is 13.8 Å². The Labute approximate surface area is 116 Å². The number of nitrogens with zero attached hydrogens (tertiary/aromatic N) is 2. The largest absolute Gasteiger partial charge is 0.396 e. The monoisotopic (exact) mass is 320 g/mol. The van der Waals surface area contributed by atoms with Gasteiger partial charge in [-0.2, -0.15) is 16.9 Å². The highest BCUT2D eigenvalue weighted by Crippen LogP contribution is 2.28. The summed E-state index contributed by atoms with van der Waals surface area (Å²) in [6.45, 7) is 7.57. The summed E-state index contributed by atoms with van der Waals surface area (Å²) >= 11 is 5.52. The maximum atomic E-state index is 8.89. The number of aryl methyl sites for hydroxylation is 2. The van der Waals surface area contributed by atoms with Crippen LogP contribution < -0.4 is 0 Å². The number of aromatic nitrogens is 2. The number of aliphatic hydroxyl groups excluding tert-OH is 1. The van der Waals surface area contributed by atoms with E-state index in [1.165, 1.54) is 5.69 Å². The zero-order chi connectivity index (χ0) is 12.8. The van der Waals surface area contributed by atoms with Crippen molar-refractivity contribution in [1.29, 1.82) is 0 Å². The molecule has 0 saturated carbocycles. The Bertz CT molecular complexity index is 355. The molecule has 1 unspecified atom stereocenters. The van der Waals surface area contributed by atoms with Crippen LogP contribution in [0.15, 0.2) is 4.47 Å². The van der Waals surface area contributed by atoms with E-state index in [1.54, 1.807) is 0 Å². The van der Waals surface area contributed by atoms with E-state index >= 15 is 0 Å². The minimum atomic E-state index is 0.266. The summed E-state index contributed by atoms with van der Waals surface area (Å²) in [5, 5.41) is 14.0. The number of hydrogen-bond acceptors (Lipinski definition) is 3. The van der Waals surface area contributed by atoms with E-state index in [0.717, 1.165) is 35.3 Å². The van der Waals surface area contributed by atoms with E-state index in [0.29, 0.717) is 5.25 Å². The van der Waals surface area contributed by atoms with Gasteiger partial charge in [-0.05, 0) is 35.7 Å². The fourth-order valence-electron chi connectivity index (χ4n) is 1.64. The SMILES string of the molecule is CCc1nn(CC)c(CSC(C)CCO)c1Br. The first-order valence-electron chi connectivity index (χ1n) is 6.10. The van der Waals surface area contributed by atoms with Crippen molar-refractivity contribution < 1.29 is 5.11 Å². The Morgan fingerprint density at radius 3 is 2.71 bits per heavy atom. The van der Waals surface area contributed by atoms with Crippen molar-refractivity contribution >= 4 is 27.7 Å². The fraction of sp³-hybridized carbons (Fsp3) is 0.750. The van der Waals surface area contributed by atoms with Crippen LogP contribution in [-0.4, -0.2) is 26.7 Å². The van der Waals surface area contributed by atoms with Gasteiger partial charge in [0, 0.05) is 24.2 Å². The molecule has 1 aromatic rings. The number of aliphatic hydroxyl groups is 1. The molecule has 1 atom stereocenters. The number of rotatable bonds is 7. The zero-order valence-corrected chi connectivity index (χ0v) is 13.1. The molecule has 1 N–H and O–H groups in total. The van der Waals surface area contributed by atoms with Crippen LogP contribution in [0.3, 0.4) is 0 Å². The topological polar surface area (TPSA) is 38.0 Å². The summed E-state index contributed by atoms with van der Waals surface area (Å²) in [6.07, 6.45) is 1.81. The highest BCUT2D eigenvalue weighted by atomic mass is 79.9. The molecule has 0 fully saturated rings. The molecule has 0 aliphatic rings. The molecule has 0 aliphatic heterocycles. The summed E-state index contributed by atoms with van der Waals surface area (Å²) in [4.78, 5) is 0. The third-order valence-electron chi connectivity index (χ3n) is 2.73. The lowest BCUT2D eigenvalue weighted by Gasteiger charge is -2.10. The Morgan fingerprint density at radius 2 is 2.18 bits per heavy atom. The van der Waals surface area contributed by atoms with Gasteiger partial charge in [0.05, 0.1) is 15.9 Å². The first kappa shape index (κ1) is 15.1. The second-order valence-corrected chi connectivity index (χ2v) is 6.23. The normalized spacial score (nSPS) is 13.0. The van der Waals surface area contributed by atoms with Crippen LogP contribution in [0.2, 0.25) is 0 Å². The Morgan fingerprint density at radius 1 is 1.47 bits per heavy atom. The number of hydrogen-bond donors (Lipinski definition) is 1. The lowest BCUT2D eigenvalue weighted by molar-refractivity contribution is 0.289. The molecular weight excluding hydrogens is 300 g/mol. The minimum Gasteiger partial charge on any atom is -0.396 e. The van der Waals surface area contributed by atoms with Gasteiger partial charge in [-0.15, -0.1) is 0 Å². The van der Waals surface area contributed by atoms with Gasteiger partial charge in [0.25, 0.3) is 0 Å². The molecule has 0 aliphatic carbocycles. The quantitative estimate of drug-likeness (QED) is 0.838. The summed E-state index contributed by atoms with van der Waals surface area (Å²) in [6, 6.07) is 0. The third-order valence-corrected chi connectivity index (χ3v) is 4.89. The van der Waals surface area contributed by atoms with Gasteiger partial charge < -0.3 is 5.11 Å². The Hall–Kier alpha value is -0.0000000000000000555. The van der Waals surface area contributed by atoms with Crippen molar-refractivity contribution in [3.63, 3.8) is 0 Å². The van der Waals surface area contributed by atoms with Crippen molar-refractivity contribution in [1.82, 2.24) is 9.78 Å². The maximum Gasteiger partial charge on any atom is 0.0767 e. The van der Waals surface area contributed by atoms with E-state index < -0.39 is 0 Å². The van der Waals surface area contributed by atoms with Gasteiger partial charge in [0.15, 0.2) is 0 Å². The summed E-state index contributed by atoms with van der Waals surface area (Å²) < 4.78 is 3.23. The molecule has 0 spiro atoms. The molecule has 0 aromatic carbocycles. The summed E-state index contributed by atoms with van der Waals surface area (Å²) in [7, 11) is 0. The van der Waals surface area contributed by atoms with Gasteiger partial charge in [-0.3, -0.25) is 4.68 Å². The lowest BCUT2D eigenvalue weighted by atomic mass is 10.3. The maximum absolute atomic E-state index is 8.89. The van der Waals surface area contributed by atoms with Crippen LogP contribution in [0.5, 0.6) is 0 Å². The van der Waals surface area contributed by atoms with E-state index in [9.17, 15) is 0 Å². The van der Waals surface area contributed by atoms with Crippen LogP contribution in [-0.2, 0) is 18.7 Å². The Kier molecular flexibility index (Phi) is 6.59. The Balaban J connectivity index is 2.72. The molecule has 1 aromatic heterocycles. The highest BCUT2D eigenvalue weighted by Gasteiger charge is 2.14. The molecule has 3 nitrogen and oxygen atoms in total. The van der Waals surface area contributed by atoms with Crippen molar-refractivity contribution in [3.8, 4) is 0 Å². The molecule has 1 rings (SSSR count). The summed E-state index contributed by atoms with van der Waals surface area (Å²) in [5.41, 5.74) is 2.40. The number of thioether (sulfide) groups is 1. The first-order valence-corrected chi connectivity index (χ1v) is 7.94. The van der Waals surface area contributed by atoms with E-state index in [2.05, 4.69) is 46.5 Å². The molecule has 0 saturated heterocycles. The predicted molar refractivity (Wildman–Crippen MR) is 77.4 cm³/mol. The molecule has 0 amide bonds. The highest BCUT2D eigenvalue weighted by molar-refractivity contribution is 9.10. The van der Waals surface area contributed by atoms with E-state index in [-0.39, 0.29) is 6.61 Å². The van der Waals surface area contributed by atoms with Crippen LogP contribution in [0.4, 0.5) is 0 Å². The zero-order valence-electron chi connectivity index (χ0n) is 10.7. The second kappa shape index (κ2) is 7.44. The van der Waals surface area contributed by atoms with Gasteiger partial charge in [0.1, 0.15) is 0 Å². The van der Waals surface area contributed by atoms with Crippen molar-refractivity contribution in [3.05, 3.63) is 15.9 Å². The summed E-state index contributed by atoms with van der Waals surface area (Å²) in [5.74, 6) is 0.947. The molecule has 98 valence electrons. The average molecular weight is 321 g/mol. The van der Waals surface area contributed by atoms with Gasteiger partial charge in [-0.25, -0.2) is 0 Å². The van der Waals surface area contributed by atoms with Gasteiger partial charge >= 0.3 is 0 Å². The van der Waals surface area contributed by atoms with Crippen LogP contribution in [0.25, 0.3) is 0 Å². The predicted octanol–water partition coefficient (Wildman–Crippen LogP) is 3.23. The van der Waals surface area contributed by atoms with Gasteiger partial charge in [0.2, 0.25) is 0 Å². The molecule has 17 heavy (non-hydrogen) atoms. The standard InChI is InChI=1S/C12H21BrN2OS/c1-4-10-12(13)11(15(5-2)14-10)8-17-9(3)6-7-16/h9,16H,4-8H2,1-3H3. The van der Waals surface area contributed by atoms with E-state index in [1.807, 2.05) is 11.8 Å². The van der Waals surface area contributed by atoms with Crippen LogP contribution in [0, 0.1) is 0 Å². The second-order valence-electron chi connectivity index (χ2n) is 4.01. The first-order chi connectivity index (χ1) is 8.13. The molecule has 0 bridgehead atoms. The van der Waals surface area contributed by atoms with Crippen LogP contribution in [0.1, 0.15) is 38.6 Å². The van der Waals surface area contributed by atoms with Crippen molar-refractivity contribution in [2.45, 2.75) is 51.2 Å². The van der Waals surface area contributed by atoms with Crippen molar-refractivity contribution in [2.75, 3.05) is 6.61 Å². The van der Waals surface area contributed by atoms with Crippen LogP contribution >= 0.6 is 27.7 Å². The lowest BCUT2D eigenvalue weighted by Crippen LogP contribution is -2.05. The number of halogens is 1. The van der Waals surface area contributed by atoms with E-state index in [4.69, 9.17) is 5.11 Å². The average Bonchev–Trinajstić information content (AvgIpc) is 2.63. The molecule has 1 heterocycles. The van der Waals surface area contributed by atoms with Crippen molar-refractivity contribution in [2.24, 2.45) is 0 Å².